The minimum Gasteiger partial charge on any atom is -0.469 e. The minimum absolute atomic E-state index is 0.0112. The highest BCUT2D eigenvalue weighted by Crippen LogP contribution is 2.19. The van der Waals surface area contributed by atoms with Crippen molar-refractivity contribution in [2.24, 2.45) is 10.9 Å². The average molecular weight is 374 g/mol. The van der Waals surface area contributed by atoms with Crippen molar-refractivity contribution in [2.75, 3.05) is 58.5 Å². The summed E-state index contributed by atoms with van der Waals surface area (Å²) in [6.07, 6.45) is 1.61. The van der Waals surface area contributed by atoms with Crippen molar-refractivity contribution in [3.63, 3.8) is 0 Å². The Bertz CT molecular complexity index is 633. The lowest BCUT2D eigenvalue weighted by Gasteiger charge is -2.33. The maximum Gasteiger partial charge on any atom is 0.308 e. The van der Waals surface area contributed by atoms with Gasteiger partial charge in [-0.3, -0.25) is 9.79 Å². The van der Waals surface area contributed by atoms with Gasteiger partial charge in [-0.25, -0.2) is 0 Å². The van der Waals surface area contributed by atoms with Crippen LogP contribution in [0.5, 0.6) is 0 Å². The summed E-state index contributed by atoms with van der Waals surface area (Å²) < 4.78 is 10.3. The lowest BCUT2D eigenvalue weighted by atomic mass is 9.97. The summed E-state index contributed by atoms with van der Waals surface area (Å²) in [6.45, 7) is 5.86. The Morgan fingerprint density at radius 1 is 1.19 bits per heavy atom. The number of esters is 1. The van der Waals surface area contributed by atoms with E-state index in [1.165, 1.54) is 18.4 Å². The lowest BCUT2D eigenvalue weighted by molar-refractivity contribution is -0.146. The normalized spacial score (nSPS) is 19.1. The molecule has 0 saturated carbocycles. The fourth-order valence-corrected chi connectivity index (χ4v) is 3.65. The van der Waals surface area contributed by atoms with Crippen molar-refractivity contribution in [2.45, 2.75) is 19.4 Å². The van der Waals surface area contributed by atoms with Crippen molar-refractivity contribution in [3.05, 3.63) is 29.8 Å². The van der Waals surface area contributed by atoms with Gasteiger partial charge in [0.2, 0.25) is 0 Å². The van der Waals surface area contributed by atoms with Gasteiger partial charge in [-0.15, -0.1) is 0 Å². The highest BCUT2D eigenvalue weighted by molar-refractivity contribution is 5.80. The van der Waals surface area contributed by atoms with Gasteiger partial charge >= 0.3 is 5.97 Å². The van der Waals surface area contributed by atoms with Crippen LogP contribution >= 0.6 is 0 Å². The molecule has 0 unspecified atom stereocenters. The number of nitrogens with one attached hydrogen (secondary N) is 1. The van der Waals surface area contributed by atoms with Gasteiger partial charge in [0, 0.05) is 45.5 Å². The molecular formula is C20H30N4O3. The number of methoxy groups -OCH3 is 1. The summed E-state index contributed by atoms with van der Waals surface area (Å²) in [5.41, 5.74) is 2.47. The van der Waals surface area contributed by atoms with E-state index < -0.39 is 0 Å². The molecule has 0 amide bonds. The second kappa shape index (κ2) is 9.60. The second-order valence-corrected chi connectivity index (χ2v) is 6.95. The van der Waals surface area contributed by atoms with Crippen molar-refractivity contribution >= 4 is 17.6 Å². The molecule has 0 atom stereocenters. The summed E-state index contributed by atoms with van der Waals surface area (Å²) in [6, 6.07) is 8.67. The average Bonchev–Trinajstić information content (AvgIpc) is 2.75. The quantitative estimate of drug-likeness (QED) is 0.489. The topological polar surface area (TPSA) is 66.4 Å². The molecule has 0 aliphatic carbocycles. The third-order valence-corrected chi connectivity index (χ3v) is 5.30. The first-order valence-corrected chi connectivity index (χ1v) is 9.66. The molecule has 2 fully saturated rings. The third-order valence-electron chi connectivity index (χ3n) is 5.30. The van der Waals surface area contributed by atoms with Gasteiger partial charge in [-0.05, 0) is 30.5 Å². The van der Waals surface area contributed by atoms with Gasteiger partial charge in [0.05, 0.1) is 26.2 Å². The molecule has 2 aliphatic rings. The Morgan fingerprint density at radius 2 is 1.85 bits per heavy atom. The predicted molar refractivity (Wildman–Crippen MR) is 106 cm³/mol. The molecule has 7 nitrogen and oxygen atoms in total. The van der Waals surface area contributed by atoms with Gasteiger partial charge in [0.1, 0.15) is 0 Å². The molecular weight excluding hydrogens is 344 g/mol. The van der Waals surface area contributed by atoms with Crippen molar-refractivity contribution in [1.82, 2.24) is 10.2 Å². The number of likely N-dealkylation sites (tertiary alicyclic amines) is 1. The highest BCUT2D eigenvalue weighted by atomic mass is 16.5. The van der Waals surface area contributed by atoms with Crippen LogP contribution in [0.1, 0.15) is 18.4 Å². The minimum atomic E-state index is -0.0991. The van der Waals surface area contributed by atoms with E-state index in [9.17, 15) is 4.79 Å². The number of hydrogen-bond acceptors (Lipinski definition) is 5. The molecule has 1 N–H and O–H groups in total. The molecule has 3 rings (SSSR count). The van der Waals surface area contributed by atoms with Crippen LogP contribution < -0.4 is 10.2 Å². The molecule has 7 heteroatoms. The Balaban J connectivity index is 1.49. The van der Waals surface area contributed by atoms with Crippen LogP contribution in [0, 0.1) is 5.92 Å². The number of anilines is 1. The Labute approximate surface area is 161 Å². The number of piperidine rings is 1. The number of hydrogen-bond donors (Lipinski definition) is 1. The summed E-state index contributed by atoms with van der Waals surface area (Å²) in [4.78, 5) is 20.6. The highest BCUT2D eigenvalue weighted by Gasteiger charge is 2.26. The van der Waals surface area contributed by atoms with Gasteiger partial charge < -0.3 is 24.6 Å². The van der Waals surface area contributed by atoms with Crippen LogP contribution in [-0.2, 0) is 20.8 Å². The summed E-state index contributed by atoms with van der Waals surface area (Å²) in [7, 11) is 3.26. The molecule has 2 aliphatic heterocycles. The maximum atomic E-state index is 11.7. The van der Waals surface area contributed by atoms with Crippen LogP contribution in [0.3, 0.4) is 0 Å². The maximum absolute atomic E-state index is 11.7. The predicted octanol–water partition coefficient (Wildman–Crippen LogP) is 1.48. The van der Waals surface area contributed by atoms with Crippen LogP contribution in [-0.4, -0.2) is 70.4 Å². The first-order valence-electron chi connectivity index (χ1n) is 9.66. The SMILES string of the molecule is CN=C(NCc1ccc(N2CCOCC2)cc1)N1CCC(C(=O)OC)CC1. The van der Waals surface area contributed by atoms with Crippen LogP contribution in [0.25, 0.3) is 0 Å². The number of guanidine groups is 1. The second-order valence-electron chi connectivity index (χ2n) is 6.95. The first-order chi connectivity index (χ1) is 13.2. The molecule has 0 radical (unpaired) electrons. The monoisotopic (exact) mass is 374 g/mol. The van der Waals surface area contributed by atoms with E-state index in [-0.39, 0.29) is 11.9 Å². The zero-order valence-electron chi connectivity index (χ0n) is 16.3. The zero-order valence-corrected chi connectivity index (χ0v) is 16.3. The van der Waals surface area contributed by atoms with Gasteiger partial charge in [-0.1, -0.05) is 12.1 Å². The van der Waals surface area contributed by atoms with E-state index in [4.69, 9.17) is 9.47 Å². The van der Waals surface area contributed by atoms with Crippen molar-refractivity contribution < 1.29 is 14.3 Å². The first kappa shape index (κ1) is 19.5. The number of benzene rings is 1. The van der Waals surface area contributed by atoms with Gasteiger partial charge in [0.15, 0.2) is 5.96 Å². The van der Waals surface area contributed by atoms with Crippen LogP contribution in [0.4, 0.5) is 5.69 Å². The van der Waals surface area contributed by atoms with E-state index in [1.807, 2.05) is 0 Å². The van der Waals surface area contributed by atoms with E-state index in [0.717, 1.165) is 64.7 Å². The van der Waals surface area contributed by atoms with Crippen molar-refractivity contribution in [3.8, 4) is 0 Å². The van der Waals surface area contributed by atoms with Gasteiger partial charge in [-0.2, -0.15) is 0 Å². The number of morpholine rings is 1. The standard InChI is InChI=1S/C20H30N4O3/c1-21-20(24-9-7-17(8-10-24)19(25)26-2)22-15-16-3-5-18(6-4-16)23-11-13-27-14-12-23/h3-6,17H,7-15H2,1-2H3,(H,21,22). The van der Waals surface area contributed by atoms with Crippen LogP contribution in [0.15, 0.2) is 29.3 Å². The molecule has 1 aromatic rings. The Morgan fingerprint density at radius 3 is 2.44 bits per heavy atom. The fourth-order valence-electron chi connectivity index (χ4n) is 3.65. The van der Waals surface area contributed by atoms with Crippen molar-refractivity contribution in [1.29, 1.82) is 0 Å². The van der Waals surface area contributed by atoms with Gasteiger partial charge in [0.25, 0.3) is 0 Å². The third kappa shape index (κ3) is 5.13. The summed E-state index contributed by atoms with van der Waals surface area (Å²) in [5.74, 6) is 0.797. The number of ether oxygens (including phenoxy) is 2. The van der Waals surface area contributed by atoms with E-state index in [2.05, 4.69) is 44.4 Å². The summed E-state index contributed by atoms with van der Waals surface area (Å²) in [5, 5.41) is 3.44. The fraction of sp³-hybridized carbons (Fsp3) is 0.600. The number of aliphatic imine (C=N–C) groups is 1. The molecule has 0 aromatic heterocycles. The van der Waals surface area contributed by atoms with E-state index >= 15 is 0 Å². The Hall–Kier alpha value is -2.28. The molecule has 27 heavy (non-hydrogen) atoms. The number of nitrogens with zero attached hydrogens (tertiary/aromatic N) is 3. The molecule has 0 spiro atoms. The largest absolute Gasteiger partial charge is 0.469 e. The number of rotatable bonds is 4. The summed E-state index contributed by atoms with van der Waals surface area (Å²) >= 11 is 0. The number of carbonyl (C=O) groups excluding carboxylic acids is 1. The Kier molecular flexibility index (Phi) is 6.92. The molecule has 2 heterocycles. The van der Waals surface area contributed by atoms with E-state index in [1.54, 1.807) is 7.05 Å². The zero-order chi connectivity index (χ0) is 19.1. The number of carbonyl (C=O) groups is 1. The smallest absolute Gasteiger partial charge is 0.308 e. The lowest BCUT2D eigenvalue weighted by Crippen LogP contribution is -2.46. The van der Waals surface area contributed by atoms with E-state index in [0.29, 0.717) is 0 Å². The molecule has 2 saturated heterocycles. The van der Waals surface area contributed by atoms with Crippen LogP contribution in [0.2, 0.25) is 0 Å². The molecule has 0 bridgehead atoms. The molecule has 1 aromatic carbocycles. The molecule has 148 valence electrons.